The molecule has 4 heteroatoms. The Hall–Kier alpha value is -0.770. The predicted molar refractivity (Wildman–Crippen MR) is 57.2 cm³/mol. The Bertz CT molecular complexity index is 149. The van der Waals surface area contributed by atoms with Gasteiger partial charge in [0, 0.05) is 13.1 Å². The second kappa shape index (κ2) is 8.81. The van der Waals surface area contributed by atoms with Gasteiger partial charge in [-0.1, -0.05) is 26.7 Å². The first kappa shape index (κ1) is 13.2. The highest BCUT2D eigenvalue weighted by molar-refractivity contribution is 5.73. The quantitative estimate of drug-likeness (QED) is 0.541. The van der Waals surface area contributed by atoms with E-state index in [1.54, 1.807) is 0 Å². The van der Waals surface area contributed by atoms with Crippen LogP contribution >= 0.6 is 0 Å². The molecule has 0 aromatic carbocycles. The smallest absolute Gasteiger partial charge is 0.314 e. The van der Waals surface area contributed by atoms with Gasteiger partial charge in [0.1, 0.15) is 0 Å². The molecule has 0 bridgehead atoms. The molecule has 0 saturated heterocycles. The van der Waals surface area contributed by atoms with Gasteiger partial charge in [-0.05, 0) is 12.3 Å². The molecular formula is C10H22N2O2. The summed E-state index contributed by atoms with van der Waals surface area (Å²) in [4.78, 5) is 11.0. The van der Waals surface area contributed by atoms with Crippen LogP contribution in [0.15, 0.2) is 0 Å². The van der Waals surface area contributed by atoms with Crippen LogP contribution in [0, 0.1) is 5.92 Å². The van der Waals surface area contributed by atoms with Crippen LogP contribution in [0.5, 0.6) is 0 Å². The van der Waals surface area contributed by atoms with Crippen molar-refractivity contribution in [2.45, 2.75) is 33.1 Å². The largest absolute Gasteiger partial charge is 0.395 e. The molecule has 0 atom stereocenters. The number of amides is 2. The third kappa shape index (κ3) is 9.32. The van der Waals surface area contributed by atoms with E-state index in [1.165, 1.54) is 6.42 Å². The average molecular weight is 202 g/mol. The molecule has 4 nitrogen and oxygen atoms in total. The van der Waals surface area contributed by atoms with Crippen LogP contribution in [0.4, 0.5) is 4.79 Å². The second-order valence-electron chi connectivity index (χ2n) is 3.80. The molecule has 0 aromatic heterocycles. The van der Waals surface area contributed by atoms with Crippen LogP contribution in [0.1, 0.15) is 33.1 Å². The van der Waals surface area contributed by atoms with Gasteiger partial charge in [0.2, 0.25) is 0 Å². The van der Waals surface area contributed by atoms with E-state index < -0.39 is 0 Å². The van der Waals surface area contributed by atoms with Crippen molar-refractivity contribution in [1.29, 1.82) is 0 Å². The zero-order valence-electron chi connectivity index (χ0n) is 9.18. The number of aliphatic hydroxyl groups excluding tert-OH is 1. The van der Waals surface area contributed by atoms with Crippen molar-refractivity contribution in [1.82, 2.24) is 10.6 Å². The summed E-state index contributed by atoms with van der Waals surface area (Å²) in [7, 11) is 0. The lowest BCUT2D eigenvalue weighted by molar-refractivity contribution is 0.234. The summed E-state index contributed by atoms with van der Waals surface area (Å²) in [5.41, 5.74) is 0. The fourth-order valence-corrected chi connectivity index (χ4v) is 1.11. The van der Waals surface area contributed by atoms with Crippen molar-refractivity contribution in [3.63, 3.8) is 0 Å². The Morgan fingerprint density at radius 2 is 1.86 bits per heavy atom. The van der Waals surface area contributed by atoms with Gasteiger partial charge in [-0.3, -0.25) is 0 Å². The number of urea groups is 1. The zero-order chi connectivity index (χ0) is 10.8. The molecule has 0 aliphatic carbocycles. The van der Waals surface area contributed by atoms with Gasteiger partial charge >= 0.3 is 6.03 Å². The van der Waals surface area contributed by atoms with E-state index >= 15 is 0 Å². The molecule has 0 radical (unpaired) electrons. The Morgan fingerprint density at radius 3 is 2.43 bits per heavy atom. The molecular weight excluding hydrogens is 180 g/mol. The molecule has 3 N–H and O–H groups in total. The summed E-state index contributed by atoms with van der Waals surface area (Å²) in [5.74, 6) is 0.734. The molecule has 0 spiro atoms. The van der Waals surface area contributed by atoms with Gasteiger partial charge in [0.25, 0.3) is 0 Å². The summed E-state index contributed by atoms with van der Waals surface area (Å²) >= 11 is 0. The van der Waals surface area contributed by atoms with Crippen molar-refractivity contribution >= 4 is 6.03 Å². The summed E-state index contributed by atoms with van der Waals surface area (Å²) < 4.78 is 0. The third-order valence-corrected chi connectivity index (χ3v) is 1.89. The fourth-order valence-electron chi connectivity index (χ4n) is 1.11. The Labute approximate surface area is 86.1 Å². The maximum atomic E-state index is 11.0. The van der Waals surface area contributed by atoms with Crippen LogP contribution in [0.2, 0.25) is 0 Å². The van der Waals surface area contributed by atoms with Crippen molar-refractivity contribution < 1.29 is 9.90 Å². The Morgan fingerprint density at radius 1 is 1.21 bits per heavy atom. The summed E-state index contributed by atoms with van der Waals surface area (Å²) in [6, 6.07) is -0.191. The molecule has 0 aliphatic heterocycles. The van der Waals surface area contributed by atoms with Gasteiger partial charge < -0.3 is 15.7 Å². The standard InChI is InChI=1S/C10H22N2O2/c1-9(2)5-3-4-6-11-10(14)12-7-8-13/h9,13H,3-8H2,1-2H3,(H2,11,12,14). The number of hydrogen-bond acceptors (Lipinski definition) is 2. The minimum Gasteiger partial charge on any atom is -0.395 e. The highest BCUT2D eigenvalue weighted by Gasteiger charge is 1.98. The van der Waals surface area contributed by atoms with E-state index in [2.05, 4.69) is 24.5 Å². The monoisotopic (exact) mass is 202 g/mol. The van der Waals surface area contributed by atoms with Gasteiger partial charge in [0.05, 0.1) is 6.61 Å². The summed E-state index contributed by atoms with van der Waals surface area (Å²) in [5, 5.41) is 13.7. The molecule has 14 heavy (non-hydrogen) atoms. The molecule has 0 fully saturated rings. The number of nitrogens with one attached hydrogen (secondary N) is 2. The maximum Gasteiger partial charge on any atom is 0.314 e. The topological polar surface area (TPSA) is 61.4 Å². The molecule has 2 amide bonds. The van der Waals surface area contributed by atoms with Gasteiger partial charge in [0.15, 0.2) is 0 Å². The molecule has 0 heterocycles. The van der Waals surface area contributed by atoms with E-state index in [4.69, 9.17) is 5.11 Å². The number of carbonyl (C=O) groups is 1. The van der Waals surface area contributed by atoms with Crippen molar-refractivity contribution in [3.8, 4) is 0 Å². The van der Waals surface area contributed by atoms with Gasteiger partial charge in [-0.2, -0.15) is 0 Å². The maximum absolute atomic E-state index is 11.0. The molecule has 0 rings (SSSR count). The van der Waals surface area contributed by atoms with E-state index in [-0.39, 0.29) is 12.6 Å². The molecule has 0 aliphatic rings. The number of carbonyl (C=O) groups excluding carboxylic acids is 1. The first-order valence-corrected chi connectivity index (χ1v) is 5.29. The zero-order valence-corrected chi connectivity index (χ0v) is 9.18. The van der Waals surface area contributed by atoms with E-state index in [0.29, 0.717) is 13.1 Å². The van der Waals surface area contributed by atoms with Crippen LogP contribution in [-0.4, -0.2) is 30.8 Å². The van der Waals surface area contributed by atoms with Crippen molar-refractivity contribution in [3.05, 3.63) is 0 Å². The van der Waals surface area contributed by atoms with Crippen LogP contribution in [0.3, 0.4) is 0 Å². The number of rotatable bonds is 7. The lowest BCUT2D eigenvalue weighted by Crippen LogP contribution is -2.37. The first-order chi connectivity index (χ1) is 6.66. The van der Waals surface area contributed by atoms with Crippen molar-refractivity contribution in [2.75, 3.05) is 19.7 Å². The highest BCUT2D eigenvalue weighted by Crippen LogP contribution is 2.04. The normalized spacial score (nSPS) is 10.3. The Balaban J connectivity index is 3.15. The summed E-state index contributed by atoms with van der Waals surface area (Å²) in [6.45, 7) is 5.41. The predicted octanol–water partition coefficient (Wildman–Crippen LogP) is 1.10. The van der Waals surface area contributed by atoms with Crippen LogP contribution in [-0.2, 0) is 0 Å². The van der Waals surface area contributed by atoms with Crippen LogP contribution in [0.25, 0.3) is 0 Å². The third-order valence-electron chi connectivity index (χ3n) is 1.89. The van der Waals surface area contributed by atoms with E-state index in [0.717, 1.165) is 18.8 Å². The Kier molecular flexibility index (Phi) is 8.33. The fraction of sp³-hybridized carbons (Fsp3) is 0.900. The number of hydrogen-bond donors (Lipinski definition) is 3. The molecule has 0 aromatic rings. The number of aliphatic hydroxyl groups is 1. The minimum atomic E-state index is -0.191. The van der Waals surface area contributed by atoms with Crippen molar-refractivity contribution in [2.24, 2.45) is 5.92 Å². The van der Waals surface area contributed by atoms with Gasteiger partial charge in [-0.15, -0.1) is 0 Å². The lowest BCUT2D eigenvalue weighted by atomic mass is 10.1. The van der Waals surface area contributed by atoms with Gasteiger partial charge in [-0.25, -0.2) is 4.79 Å². The summed E-state index contributed by atoms with van der Waals surface area (Å²) in [6.07, 6.45) is 3.38. The van der Waals surface area contributed by atoms with E-state index in [9.17, 15) is 4.79 Å². The molecule has 84 valence electrons. The lowest BCUT2D eigenvalue weighted by Gasteiger charge is -2.07. The second-order valence-corrected chi connectivity index (χ2v) is 3.80. The van der Waals surface area contributed by atoms with Crippen LogP contribution < -0.4 is 10.6 Å². The highest BCUT2D eigenvalue weighted by atomic mass is 16.3. The minimum absolute atomic E-state index is 0.0131. The molecule has 0 unspecified atom stereocenters. The molecule has 0 saturated carbocycles. The first-order valence-electron chi connectivity index (χ1n) is 5.29. The van der Waals surface area contributed by atoms with E-state index in [1.807, 2.05) is 0 Å². The SMILES string of the molecule is CC(C)CCCCNC(=O)NCCO. The number of unbranched alkanes of at least 4 members (excludes halogenated alkanes) is 1. The average Bonchev–Trinajstić information content (AvgIpc) is 2.13.